The maximum absolute atomic E-state index is 10.8. The summed E-state index contributed by atoms with van der Waals surface area (Å²) >= 11 is 5.86. The van der Waals surface area contributed by atoms with Gasteiger partial charge in [-0.05, 0) is 31.7 Å². The van der Waals surface area contributed by atoms with E-state index in [1.54, 1.807) is 0 Å². The average Bonchev–Trinajstić information content (AvgIpc) is 2.76. The molecular weight excluding hydrogens is 238 g/mol. The second-order valence-electron chi connectivity index (χ2n) is 5.42. The summed E-state index contributed by atoms with van der Waals surface area (Å²) in [5.41, 5.74) is 0. The van der Waals surface area contributed by atoms with Crippen molar-refractivity contribution in [1.82, 2.24) is 4.90 Å². The molecule has 0 aromatic heterocycles. The Hall–Kier alpha value is -0.280. The molecule has 1 atom stereocenters. The summed E-state index contributed by atoms with van der Waals surface area (Å²) in [6.45, 7) is 5.84. The summed E-state index contributed by atoms with van der Waals surface area (Å²) in [5, 5.41) is 8.12. The SMILES string of the molecule is CC(C)CCN(CC(Cl)C(=O)O)C1CCCC1. The molecule has 0 spiro atoms. The third kappa shape index (κ3) is 5.26. The number of carboxylic acids is 1. The van der Waals surface area contributed by atoms with E-state index in [2.05, 4.69) is 18.7 Å². The highest BCUT2D eigenvalue weighted by Gasteiger charge is 2.26. The van der Waals surface area contributed by atoms with Crippen LogP contribution in [0.4, 0.5) is 0 Å². The molecule has 1 saturated carbocycles. The number of alkyl halides is 1. The lowest BCUT2D eigenvalue weighted by atomic mass is 10.1. The maximum Gasteiger partial charge on any atom is 0.322 e. The summed E-state index contributed by atoms with van der Waals surface area (Å²) in [7, 11) is 0. The average molecular weight is 262 g/mol. The summed E-state index contributed by atoms with van der Waals surface area (Å²) in [5.74, 6) is -0.253. The monoisotopic (exact) mass is 261 g/mol. The Bertz CT molecular complexity index is 240. The predicted octanol–water partition coefficient (Wildman–Crippen LogP) is 2.97. The third-order valence-electron chi connectivity index (χ3n) is 3.50. The Morgan fingerprint density at radius 1 is 1.41 bits per heavy atom. The Balaban J connectivity index is 2.48. The van der Waals surface area contributed by atoms with Gasteiger partial charge in [0.05, 0.1) is 0 Å². The number of carboxylic acid groups (broad SMARTS) is 1. The van der Waals surface area contributed by atoms with Crippen molar-refractivity contribution in [2.45, 2.75) is 57.4 Å². The lowest BCUT2D eigenvalue weighted by molar-refractivity contribution is -0.137. The van der Waals surface area contributed by atoms with E-state index in [-0.39, 0.29) is 0 Å². The Labute approximate surface area is 109 Å². The number of rotatable bonds is 7. The fourth-order valence-corrected chi connectivity index (χ4v) is 2.58. The third-order valence-corrected chi connectivity index (χ3v) is 3.82. The molecule has 1 unspecified atom stereocenters. The van der Waals surface area contributed by atoms with E-state index >= 15 is 0 Å². The standard InChI is InChI=1S/C13H24ClNO2/c1-10(2)7-8-15(9-12(14)13(16)17)11-5-3-4-6-11/h10-12H,3-9H2,1-2H3,(H,16,17). The minimum atomic E-state index is -0.904. The van der Waals surface area contributed by atoms with E-state index in [0.717, 1.165) is 13.0 Å². The Kier molecular flexibility index (Phi) is 6.28. The molecule has 1 rings (SSSR count). The Morgan fingerprint density at radius 2 is 2.00 bits per heavy atom. The van der Waals surface area contributed by atoms with Gasteiger partial charge in [-0.3, -0.25) is 9.69 Å². The van der Waals surface area contributed by atoms with Crippen LogP contribution in [0.3, 0.4) is 0 Å². The van der Waals surface area contributed by atoms with Crippen molar-refractivity contribution in [2.75, 3.05) is 13.1 Å². The van der Waals surface area contributed by atoms with Crippen LogP contribution in [-0.4, -0.2) is 40.5 Å². The molecule has 1 fully saturated rings. The van der Waals surface area contributed by atoms with Crippen LogP contribution in [0.1, 0.15) is 46.0 Å². The van der Waals surface area contributed by atoms with Crippen LogP contribution in [0.15, 0.2) is 0 Å². The minimum Gasteiger partial charge on any atom is -0.480 e. The Morgan fingerprint density at radius 3 is 2.47 bits per heavy atom. The predicted molar refractivity (Wildman–Crippen MR) is 70.6 cm³/mol. The van der Waals surface area contributed by atoms with Crippen molar-refractivity contribution in [2.24, 2.45) is 5.92 Å². The molecular formula is C13H24ClNO2. The number of hydrogen-bond donors (Lipinski definition) is 1. The number of carbonyl (C=O) groups is 1. The molecule has 4 heteroatoms. The first-order valence-electron chi connectivity index (χ1n) is 6.61. The first-order valence-corrected chi connectivity index (χ1v) is 7.05. The van der Waals surface area contributed by atoms with Crippen molar-refractivity contribution in [3.63, 3.8) is 0 Å². The fourth-order valence-electron chi connectivity index (χ4n) is 2.40. The van der Waals surface area contributed by atoms with Gasteiger partial charge in [0, 0.05) is 12.6 Å². The van der Waals surface area contributed by atoms with Crippen molar-refractivity contribution < 1.29 is 9.90 Å². The van der Waals surface area contributed by atoms with Crippen molar-refractivity contribution in [1.29, 1.82) is 0 Å². The molecule has 0 heterocycles. The second kappa shape index (κ2) is 7.22. The summed E-state index contributed by atoms with van der Waals surface area (Å²) in [6.07, 6.45) is 6.04. The zero-order valence-corrected chi connectivity index (χ0v) is 11.6. The van der Waals surface area contributed by atoms with Crippen LogP contribution in [0.2, 0.25) is 0 Å². The number of hydrogen-bond acceptors (Lipinski definition) is 2. The molecule has 1 N–H and O–H groups in total. The number of aliphatic carboxylic acids is 1. The van der Waals surface area contributed by atoms with E-state index in [9.17, 15) is 4.79 Å². The van der Waals surface area contributed by atoms with E-state index < -0.39 is 11.3 Å². The van der Waals surface area contributed by atoms with Gasteiger partial charge in [-0.25, -0.2) is 0 Å². The molecule has 3 nitrogen and oxygen atoms in total. The molecule has 0 bridgehead atoms. The molecule has 0 amide bonds. The molecule has 0 aliphatic heterocycles. The van der Waals surface area contributed by atoms with Gasteiger partial charge in [0.2, 0.25) is 0 Å². The van der Waals surface area contributed by atoms with Gasteiger partial charge < -0.3 is 5.11 Å². The van der Waals surface area contributed by atoms with Gasteiger partial charge in [-0.15, -0.1) is 11.6 Å². The van der Waals surface area contributed by atoms with Gasteiger partial charge >= 0.3 is 5.97 Å². The van der Waals surface area contributed by atoms with Gasteiger partial charge in [0.25, 0.3) is 0 Å². The van der Waals surface area contributed by atoms with Crippen molar-refractivity contribution in [3.8, 4) is 0 Å². The molecule has 100 valence electrons. The first-order chi connectivity index (χ1) is 8.00. The molecule has 1 aliphatic carbocycles. The van der Waals surface area contributed by atoms with E-state index in [0.29, 0.717) is 18.5 Å². The molecule has 0 aromatic carbocycles. The lowest BCUT2D eigenvalue weighted by Gasteiger charge is -2.30. The topological polar surface area (TPSA) is 40.5 Å². The molecule has 17 heavy (non-hydrogen) atoms. The fraction of sp³-hybridized carbons (Fsp3) is 0.923. The molecule has 0 radical (unpaired) electrons. The van der Waals surface area contributed by atoms with Crippen LogP contribution in [0.25, 0.3) is 0 Å². The van der Waals surface area contributed by atoms with Crippen LogP contribution in [-0.2, 0) is 4.79 Å². The van der Waals surface area contributed by atoms with Gasteiger partial charge in [-0.2, -0.15) is 0 Å². The van der Waals surface area contributed by atoms with E-state index in [1.165, 1.54) is 25.7 Å². The summed E-state index contributed by atoms with van der Waals surface area (Å²) < 4.78 is 0. The zero-order chi connectivity index (χ0) is 12.8. The zero-order valence-electron chi connectivity index (χ0n) is 10.9. The highest BCUT2D eigenvalue weighted by atomic mass is 35.5. The van der Waals surface area contributed by atoms with Gasteiger partial charge in [-0.1, -0.05) is 26.7 Å². The van der Waals surface area contributed by atoms with E-state index in [1.807, 2.05) is 0 Å². The normalized spacial score (nSPS) is 19.1. The summed E-state index contributed by atoms with van der Waals surface area (Å²) in [6, 6.07) is 0.550. The van der Waals surface area contributed by atoms with E-state index in [4.69, 9.17) is 16.7 Å². The minimum absolute atomic E-state index is 0.480. The number of nitrogens with zero attached hydrogens (tertiary/aromatic N) is 1. The molecule has 0 saturated heterocycles. The lowest BCUT2D eigenvalue weighted by Crippen LogP contribution is -2.41. The van der Waals surface area contributed by atoms with Crippen LogP contribution in [0, 0.1) is 5.92 Å². The van der Waals surface area contributed by atoms with Crippen LogP contribution >= 0.6 is 11.6 Å². The van der Waals surface area contributed by atoms with Crippen molar-refractivity contribution in [3.05, 3.63) is 0 Å². The summed E-state index contributed by atoms with van der Waals surface area (Å²) in [4.78, 5) is 13.1. The number of halogens is 1. The maximum atomic E-state index is 10.8. The van der Waals surface area contributed by atoms with Crippen LogP contribution < -0.4 is 0 Å². The van der Waals surface area contributed by atoms with Gasteiger partial charge in [0.15, 0.2) is 0 Å². The first kappa shape index (κ1) is 14.8. The smallest absolute Gasteiger partial charge is 0.322 e. The van der Waals surface area contributed by atoms with Crippen LogP contribution in [0.5, 0.6) is 0 Å². The highest BCUT2D eigenvalue weighted by Crippen LogP contribution is 2.24. The molecule has 1 aliphatic rings. The molecule has 0 aromatic rings. The second-order valence-corrected chi connectivity index (χ2v) is 5.95. The van der Waals surface area contributed by atoms with Gasteiger partial charge in [0.1, 0.15) is 5.38 Å². The highest BCUT2D eigenvalue weighted by molar-refractivity contribution is 6.29. The largest absolute Gasteiger partial charge is 0.480 e. The van der Waals surface area contributed by atoms with Crippen molar-refractivity contribution >= 4 is 17.6 Å². The quantitative estimate of drug-likeness (QED) is 0.717.